The number of rotatable bonds is 6. The van der Waals surface area contributed by atoms with Crippen molar-refractivity contribution in [2.24, 2.45) is 0 Å². The standard InChI is InChI=1S/C36H8BF15O3/c38-12-7-8-15(10-4-6-14(40)23(41)17(10)12)53-37(55-36-22-21(27(45)32(50)34(36)52)26(44)30(48)31(49)29(22)47)54-35-11-3-1-9-2-5-13(39)19-16(9)18(11)20(25(43)24(19)42)28(46)33(35)51/h1-8H. The second kappa shape index (κ2) is 12.4. The number of halogens is 15. The molecule has 0 saturated heterocycles. The van der Waals surface area contributed by atoms with Crippen molar-refractivity contribution in [1.29, 1.82) is 0 Å². The van der Waals surface area contributed by atoms with Crippen molar-refractivity contribution < 1.29 is 79.8 Å². The molecule has 55 heavy (non-hydrogen) atoms. The first-order valence-electron chi connectivity index (χ1n) is 15.0. The molecule has 0 amide bonds. The summed E-state index contributed by atoms with van der Waals surface area (Å²) in [7, 11) is -3.12. The third-order valence-electron chi connectivity index (χ3n) is 8.80. The molecule has 0 bridgehead atoms. The highest BCUT2D eigenvalue weighted by Gasteiger charge is 2.40. The molecule has 3 nitrogen and oxygen atoms in total. The summed E-state index contributed by atoms with van der Waals surface area (Å²) >= 11 is 0. The summed E-state index contributed by atoms with van der Waals surface area (Å²) in [6.45, 7) is 0. The van der Waals surface area contributed by atoms with Crippen LogP contribution in [0, 0.1) is 87.3 Å². The van der Waals surface area contributed by atoms with E-state index in [0.29, 0.717) is 24.3 Å². The first-order chi connectivity index (χ1) is 26.0. The molecular weight excluding hydrogens is 776 g/mol. The summed E-state index contributed by atoms with van der Waals surface area (Å²) in [4.78, 5) is 0. The molecule has 0 heterocycles. The van der Waals surface area contributed by atoms with Gasteiger partial charge >= 0.3 is 7.32 Å². The van der Waals surface area contributed by atoms with Crippen molar-refractivity contribution in [1.82, 2.24) is 0 Å². The molecule has 19 heteroatoms. The van der Waals surface area contributed by atoms with E-state index >= 15 is 26.3 Å². The average molecular weight is 784 g/mol. The van der Waals surface area contributed by atoms with Crippen LogP contribution in [0.5, 0.6) is 17.2 Å². The largest absolute Gasteiger partial charge is 0.864 e. The van der Waals surface area contributed by atoms with Crippen molar-refractivity contribution in [3.8, 4) is 17.2 Å². The maximum atomic E-state index is 16.0. The van der Waals surface area contributed by atoms with E-state index in [9.17, 15) is 39.5 Å². The summed E-state index contributed by atoms with van der Waals surface area (Å²) in [5.41, 5.74) is 0. The van der Waals surface area contributed by atoms with Gasteiger partial charge in [-0.15, -0.1) is 0 Å². The normalized spacial score (nSPS) is 11.9. The molecule has 278 valence electrons. The molecule has 0 aliphatic rings. The average Bonchev–Trinajstić information content (AvgIpc) is 3.16. The first kappa shape index (κ1) is 35.7. The molecular formula is C36H8BF15O3. The number of fused-ring (bicyclic) bond motifs is 2. The van der Waals surface area contributed by atoms with E-state index in [1.807, 2.05) is 0 Å². The first-order valence-corrected chi connectivity index (χ1v) is 15.0. The third kappa shape index (κ3) is 4.97. The fourth-order valence-electron chi connectivity index (χ4n) is 6.39. The maximum Gasteiger partial charge on any atom is 0.864 e. The lowest BCUT2D eigenvalue weighted by Crippen LogP contribution is -2.38. The highest BCUT2D eigenvalue weighted by Crippen LogP contribution is 2.46. The van der Waals surface area contributed by atoms with Crippen LogP contribution in [-0.2, 0) is 0 Å². The lowest BCUT2D eigenvalue weighted by Gasteiger charge is -2.22. The van der Waals surface area contributed by atoms with Gasteiger partial charge in [0.25, 0.3) is 0 Å². The van der Waals surface area contributed by atoms with Gasteiger partial charge in [-0.2, -0.15) is 8.78 Å². The zero-order valence-corrected chi connectivity index (χ0v) is 26.1. The zero-order valence-electron chi connectivity index (χ0n) is 26.1. The van der Waals surface area contributed by atoms with E-state index in [4.69, 9.17) is 14.0 Å². The van der Waals surface area contributed by atoms with Gasteiger partial charge in [-0.05, 0) is 41.8 Å². The summed E-state index contributed by atoms with van der Waals surface area (Å²) in [6, 6.07) is 5.94. The van der Waals surface area contributed by atoms with Crippen molar-refractivity contribution in [2.75, 3.05) is 0 Å². The fraction of sp³-hybridized carbons (Fsp3) is 0. The molecule has 0 spiro atoms. The Labute approximate surface area is 294 Å². The molecule has 0 aromatic heterocycles. The highest BCUT2D eigenvalue weighted by molar-refractivity contribution is 6.41. The van der Waals surface area contributed by atoms with E-state index in [1.54, 1.807) is 0 Å². The Balaban J connectivity index is 1.41. The van der Waals surface area contributed by atoms with Crippen LogP contribution in [-0.4, -0.2) is 7.32 Å². The van der Waals surface area contributed by atoms with Crippen LogP contribution in [0.3, 0.4) is 0 Å². The highest BCUT2D eigenvalue weighted by atomic mass is 19.2. The molecule has 0 atom stereocenters. The predicted molar refractivity (Wildman–Crippen MR) is 165 cm³/mol. The molecule has 0 unspecified atom stereocenters. The van der Waals surface area contributed by atoms with Crippen LogP contribution in [0.25, 0.3) is 53.9 Å². The third-order valence-corrected chi connectivity index (χ3v) is 8.80. The minimum absolute atomic E-state index is 0.0667. The van der Waals surface area contributed by atoms with Gasteiger partial charge in [0.05, 0.1) is 26.9 Å². The molecule has 0 N–H and O–H groups in total. The second-order valence-electron chi connectivity index (χ2n) is 11.7. The van der Waals surface area contributed by atoms with Gasteiger partial charge in [-0.3, -0.25) is 0 Å². The van der Waals surface area contributed by atoms with Crippen LogP contribution in [0.4, 0.5) is 65.9 Å². The van der Waals surface area contributed by atoms with Crippen LogP contribution in [0.1, 0.15) is 0 Å². The minimum atomic E-state index is -3.12. The van der Waals surface area contributed by atoms with E-state index in [0.717, 1.165) is 24.3 Å². The van der Waals surface area contributed by atoms with Gasteiger partial charge < -0.3 is 14.0 Å². The monoisotopic (exact) mass is 784 g/mol. The van der Waals surface area contributed by atoms with Gasteiger partial charge in [-0.25, -0.2) is 57.1 Å². The maximum absolute atomic E-state index is 16.0. The Morgan fingerprint density at radius 2 is 0.745 bits per heavy atom. The van der Waals surface area contributed by atoms with Crippen molar-refractivity contribution in [3.05, 3.63) is 136 Å². The molecule has 0 aliphatic carbocycles. The molecule has 0 aliphatic heterocycles. The van der Waals surface area contributed by atoms with Crippen LogP contribution < -0.4 is 14.0 Å². The smallest absolute Gasteiger partial charge is 0.489 e. The predicted octanol–water partition coefficient (Wildman–Crippen LogP) is 11.5. The number of benzene rings is 8. The Hall–Kier alpha value is -6.27. The van der Waals surface area contributed by atoms with Gasteiger partial charge in [0, 0.05) is 21.5 Å². The zero-order chi connectivity index (χ0) is 39.5. The summed E-state index contributed by atoms with van der Waals surface area (Å²) in [5, 5.41) is -10.4. The molecule has 0 saturated carbocycles. The SMILES string of the molecule is Fc1ccc2c(OB(Oc3c(F)c(F)c4c(F)c(F)c5c(F)ccc6ccc3c4c65)Oc3c(F)c(F)c(F)c4c(F)c(F)c(F)c(F)c34)ccc(F)c2c1F. The second-order valence-corrected chi connectivity index (χ2v) is 11.7. The van der Waals surface area contributed by atoms with E-state index in [-0.39, 0.29) is 5.39 Å². The Bertz CT molecular complexity index is 2990. The quantitative estimate of drug-likeness (QED) is 0.0553. The lowest BCUT2D eigenvalue weighted by molar-refractivity contribution is 0.292. The van der Waals surface area contributed by atoms with Crippen LogP contribution in [0.15, 0.2) is 48.5 Å². The Kier molecular flexibility index (Phi) is 8.05. The molecule has 8 rings (SSSR count). The minimum Gasteiger partial charge on any atom is -0.489 e. The summed E-state index contributed by atoms with van der Waals surface area (Å²) in [6.07, 6.45) is 0. The van der Waals surface area contributed by atoms with E-state index in [2.05, 4.69) is 0 Å². The van der Waals surface area contributed by atoms with Crippen molar-refractivity contribution >= 4 is 61.2 Å². The number of hydrogen-bond acceptors (Lipinski definition) is 3. The van der Waals surface area contributed by atoms with Crippen molar-refractivity contribution in [3.63, 3.8) is 0 Å². The molecule has 0 fully saturated rings. The Morgan fingerprint density at radius 1 is 0.291 bits per heavy atom. The lowest BCUT2D eigenvalue weighted by atomic mass is 9.92. The topological polar surface area (TPSA) is 27.7 Å². The van der Waals surface area contributed by atoms with Gasteiger partial charge in [0.1, 0.15) is 17.4 Å². The summed E-state index contributed by atoms with van der Waals surface area (Å²) < 4.78 is 240. The van der Waals surface area contributed by atoms with Gasteiger partial charge in [-0.1, -0.05) is 12.1 Å². The molecule has 8 aromatic carbocycles. The van der Waals surface area contributed by atoms with Gasteiger partial charge in [0.2, 0.25) is 5.82 Å². The van der Waals surface area contributed by atoms with E-state index < -0.39 is 160 Å². The van der Waals surface area contributed by atoms with Crippen molar-refractivity contribution in [2.45, 2.75) is 0 Å². The van der Waals surface area contributed by atoms with Gasteiger partial charge in [0.15, 0.2) is 81.3 Å². The summed E-state index contributed by atoms with van der Waals surface area (Å²) in [5.74, 6) is -37.6. The van der Waals surface area contributed by atoms with E-state index in [1.165, 1.54) is 0 Å². The number of hydrogen-bond donors (Lipinski definition) is 0. The van der Waals surface area contributed by atoms with Crippen LogP contribution >= 0.6 is 0 Å². The molecule has 8 aromatic rings. The molecule has 0 radical (unpaired) electrons. The Morgan fingerprint density at radius 3 is 1.44 bits per heavy atom. The van der Waals surface area contributed by atoms with Crippen LogP contribution in [0.2, 0.25) is 0 Å². The fourth-order valence-corrected chi connectivity index (χ4v) is 6.39.